The number of aromatic nitrogens is 1. The fourth-order valence-corrected chi connectivity index (χ4v) is 2.72. The molecule has 90 valence electrons. The summed E-state index contributed by atoms with van der Waals surface area (Å²) < 4.78 is 10.2. The van der Waals surface area contributed by atoms with Crippen molar-refractivity contribution >= 4 is 17.3 Å². The van der Waals surface area contributed by atoms with E-state index in [4.69, 9.17) is 4.74 Å². The Hall–Kier alpha value is -0.940. The number of nitrogens with zero attached hydrogens (tertiary/aromatic N) is 1. The highest BCUT2D eigenvalue weighted by atomic mass is 32.1. The molecule has 1 rings (SSSR count). The third-order valence-corrected chi connectivity index (χ3v) is 3.85. The van der Waals surface area contributed by atoms with Crippen molar-refractivity contribution in [3.05, 3.63) is 16.1 Å². The first-order chi connectivity index (χ1) is 7.63. The maximum atomic E-state index is 11.3. The van der Waals surface area contributed by atoms with Crippen molar-refractivity contribution in [1.82, 2.24) is 4.98 Å². The fourth-order valence-electron chi connectivity index (χ4n) is 1.61. The molecule has 0 aromatic carbocycles. The second-order valence-corrected chi connectivity index (χ2v) is 4.29. The molecule has 0 N–H and O–H groups in total. The fraction of sp³-hybridized carbons (Fsp3) is 0.636. The molecule has 4 nitrogen and oxygen atoms in total. The molecule has 0 aliphatic carbocycles. The van der Waals surface area contributed by atoms with Crippen LogP contribution in [0.5, 0.6) is 0 Å². The van der Waals surface area contributed by atoms with Crippen LogP contribution in [0.4, 0.5) is 0 Å². The molecule has 0 saturated heterocycles. The Morgan fingerprint density at radius 3 is 2.50 bits per heavy atom. The zero-order valence-electron chi connectivity index (χ0n) is 10.1. The molecule has 16 heavy (non-hydrogen) atoms. The Kier molecular flexibility index (Phi) is 4.44. The van der Waals surface area contributed by atoms with Gasteiger partial charge in [-0.05, 0) is 12.8 Å². The average molecular weight is 243 g/mol. The molecule has 0 radical (unpaired) electrons. The lowest BCUT2D eigenvalue weighted by atomic mass is 9.98. The molecule has 0 bridgehead atoms. The molecule has 1 aromatic heterocycles. The Morgan fingerprint density at radius 2 is 2.06 bits per heavy atom. The largest absolute Gasteiger partial charge is 0.464 e. The first-order valence-electron chi connectivity index (χ1n) is 5.23. The highest BCUT2D eigenvalue weighted by molar-refractivity contribution is 7.10. The first kappa shape index (κ1) is 13.1. The summed E-state index contributed by atoms with van der Waals surface area (Å²) >= 11 is 1.44. The van der Waals surface area contributed by atoms with Gasteiger partial charge in [-0.25, -0.2) is 9.78 Å². The van der Waals surface area contributed by atoms with Crippen LogP contribution in [0.3, 0.4) is 0 Å². The molecule has 0 fully saturated rings. The zero-order chi connectivity index (χ0) is 12.2. The van der Waals surface area contributed by atoms with Gasteiger partial charge in [-0.15, -0.1) is 11.3 Å². The van der Waals surface area contributed by atoms with Crippen LogP contribution in [0.1, 0.15) is 42.2 Å². The molecular formula is C11H17NO3S. The first-order valence-corrected chi connectivity index (χ1v) is 6.11. The number of carbonyl (C=O) groups is 1. The van der Waals surface area contributed by atoms with E-state index in [1.54, 1.807) is 12.5 Å². The molecular weight excluding hydrogens is 226 g/mol. The molecule has 5 heteroatoms. The van der Waals surface area contributed by atoms with Gasteiger partial charge in [0.25, 0.3) is 0 Å². The Bertz CT molecular complexity index is 350. The quantitative estimate of drug-likeness (QED) is 0.746. The highest BCUT2D eigenvalue weighted by Crippen LogP contribution is 2.34. The molecule has 0 unspecified atom stereocenters. The minimum absolute atomic E-state index is 0.353. The number of thiazole rings is 1. The molecule has 0 aliphatic heterocycles. The monoisotopic (exact) mass is 243 g/mol. The number of carbonyl (C=O) groups excluding carboxylic acids is 1. The van der Waals surface area contributed by atoms with E-state index < -0.39 is 5.97 Å². The standard InChI is InChI=1S/C11H17NO3S/c1-5-11(6-2,15-4)10-12-8(7-16-10)9(13)14-3/h7H,5-6H2,1-4H3. The van der Waals surface area contributed by atoms with E-state index in [1.807, 2.05) is 13.8 Å². The van der Waals surface area contributed by atoms with Gasteiger partial charge < -0.3 is 9.47 Å². The maximum absolute atomic E-state index is 11.3. The number of hydrogen-bond donors (Lipinski definition) is 0. The van der Waals surface area contributed by atoms with Crippen LogP contribution in [0, 0.1) is 0 Å². The molecule has 0 amide bonds. The van der Waals surface area contributed by atoms with Crippen LogP contribution in [-0.2, 0) is 15.1 Å². The average Bonchev–Trinajstić information content (AvgIpc) is 2.81. The summed E-state index contributed by atoms with van der Waals surface area (Å²) in [6, 6.07) is 0. The van der Waals surface area contributed by atoms with Crippen molar-refractivity contribution in [2.45, 2.75) is 32.3 Å². The predicted molar refractivity (Wildman–Crippen MR) is 62.7 cm³/mol. The number of methoxy groups -OCH3 is 2. The van der Waals surface area contributed by atoms with Gasteiger partial charge >= 0.3 is 5.97 Å². The molecule has 0 saturated carbocycles. The van der Waals surface area contributed by atoms with Crippen molar-refractivity contribution < 1.29 is 14.3 Å². The van der Waals surface area contributed by atoms with E-state index in [0.29, 0.717) is 5.69 Å². The molecule has 1 heterocycles. The summed E-state index contributed by atoms with van der Waals surface area (Å²) in [5.74, 6) is -0.403. The second-order valence-electron chi connectivity index (χ2n) is 3.44. The number of rotatable bonds is 5. The summed E-state index contributed by atoms with van der Waals surface area (Å²) in [4.78, 5) is 15.6. The van der Waals surface area contributed by atoms with Crippen LogP contribution in [0.25, 0.3) is 0 Å². The minimum atomic E-state index is -0.403. The number of hydrogen-bond acceptors (Lipinski definition) is 5. The lowest BCUT2D eigenvalue weighted by Gasteiger charge is -2.27. The lowest BCUT2D eigenvalue weighted by Crippen LogP contribution is -2.26. The minimum Gasteiger partial charge on any atom is -0.464 e. The van der Waals surface area contributed by atoms with E-state index in [2.05, 4.69) is 9.72 Å². The van der Waals surface area contributed by atoms with E-state index in [9.17, 15) is 4.79 Å². The van der Waals surface area contributed by atoms with E-state index in [1.165, 1.54) is 18.4 Å². The van der Waals surface area contributed by atoms with Crippen molar-refractivity contribution in [2.75, 3.05) is 14.2 Å². The number of ether oxygens (including phenoxy) is 2. The molecule has 1 aromatic rings. The maximum Gasteiger partial charge on any atom is 0.357 e. The van der Waals surface area contributed by atoms with Gasteiger partial charge in [0.2, 0.25) is 0 Å². The SMILES string of the molecule is CCC(CC)(OC)c1nc(C(=O)OC)cs1. The van der Waals surface area contributed by atoms with Gasteiger partial charge in [-0.3, -0.25) is 0 Å². The van der Waals surface area contributed by atoms with Gasteiger partial charge in [-0.2, -0.15) is 0 Å². The Balaban J connectivity index is 3.03. The summed E-state index contributed by atoms with van der Waals surface area (Å²) in [6.45, 7) is 4.10. The van der Waals surface area contributed by atoms with E-state index in [-0.39, 0.29) is 5.60 Å². The van der Waals surface area contributed by atoms with Crippen LogP contribution in [0.15, 0.2) is 5.38 Å². The normalized spacial score (nSPS) is 11.5. The van der Waals surface area contributed by atoms with Crippen LogP contribution in [0.2, 0.25) is 0 Å². The third-order valence-electron chi connectivity index (χ3n) is 2.82. The van der Waals surface area contributed by atoms with Crippen LogP contribution >= 0.6 is 11.3 Å². The van der Waals surface area contributed by atoms with Crippen molar-refractivity contribution in [3.63, 3.8) is 0 Å². The predicted octanol–water partition coefficient (Wildman–Crippen LogP) is 2.59. The third kappa shape index (κ3) is 2.25. The highest BCUT2D eigenvalue weighted by Gasteiger charge is 2.32. The van der Waals surface area contributed by atoms with Crippen molar-refractivity contribution in [1.29, 1.82) is 0 Å². The van der Waals surface area contributed by atoms with Crippen molar-refractivity contribution in [2.24, 2.45) is 0 Å². The topological polar surface area (TPSA) is 48.4 Å². The second kappa shape index (κ2) is 5.41. The number of esters is 1. The van der Waals surface area contributed by atoms with Gasteiger partial charge in [-0.1, -0.05) is 13.8 Å². The van der Waals surface area contributed by atoms with E-state index >= 15 is 0 Å². The zero-order valence-corrected chi connectivity index (χ0v) is 10.9. The van der Waals surface area contributed by atoms with Crippen molar-refractivity contribution in [3.8, 4) is 0 Å². The van der Waals surface area contributed by atoms with Crippen LogP contribution < -0.4 is 0 Å². The van der Waals surface area contributed by atoms with Crippen LogP contribution in [-0.4, -0.2) is 25.2 Å². The molecule has 0 spiro atoms. The summed E-state index contributed by atoms with van der Waals surface area (Å²) in [6.07, 6.45) is 1.66. The summed E-state index contributed by atoms with van der Waals surface area (Å²) in [7, 11) is 3.02. The molecule has 0 atom stereocenters. The van der Waals surface area contributed by atoms with Gasteiger partial charge in [0.1, 0.15) is 10.6 Å². The van der Waals surface area contributed by atoms with Gasteiger partial charge in [0.05, 0.1) is 7.11 Å². The lowest BCUT2D eigenvalue weighted by molar-refractivity contribution is -0.0220. The van der Waals surface area contributed by atoms with E-state index in [0.717, 1.165) is 17.8 Å². The van der Waals surface area contributed by atoms with Gasteiger partial charge in [0, 0.05) is 12.5 Å². The summed E-state index contributed by atoms with van der Waals surface area (Å²) in [5, 5.41) is 2.54. The van der Waals surface area contributed by atoms with Gasteiger partial charge in [0.15, 0.2) is 5.69 Å². The Morgan fingerprint density at radius 1 is 1.44 bits per heavy atom. The smallest absolute Gasteiger partial charge is 0.357 e. The summed E-state index contributed by atoms with van der Waals surface area (Å²) in [5.41, 5.74) is -0.0254. The Labute approximate surface area is 99.6 Å². The molecule has 0 aliphatic rings.